The van der Waals surface area contributed by atoms with Gasteiger partial charge in [0.1, 0.15) is 11.9 Å². The maximum absolute atomic E-state index is 12.7. The van der Waals surface area contributed by atoms with Crippen molar-refractivity contribution in [3.05, 3.63) is 47.5 Å². The van der Waals surface area contributed by atoms with E-state index in [9.17, 15) is 4.79 Å². The largest absolute Gasteiger partial charge is 0.329 e. The van der Waals surface area contributed by atoms with Crippen molar-refractivity contribution in [2.24, 2.45) is 0 Å². The van der Waals surface area contributed by atoms with Gasteiger partial charge in [0.2, 0.25) is 5.91 Å². The van der Waals surface area contributed by atoms with E-state index in [2.05, 4.69) is 31.0 Å². The predicted molar refractivity (Wildman–Crippen MR) is 84.1 cm³/mol. The van der Waals surface area contributed by atoms with E-state index >= 15 is 0 Å². The second kappa shape index (κ2) is 5.23. The number of fused-ring (bicyclic) bond motifs is 1. The molecule has 1 aliphatic heterocycles. The molecule has 1 aromatic carbocycles. The van der Waals surface area contributed by atoms with E-state index in [1.165, 1.54) is 0 Å². The lowest BCUT2D eigenvalue weighted by Gasteiger charge is -2.33. The van der Waals surface area contributed by atoms with E-state index in [-0.39, 0.29) is 17.4 Å². The van der Waals surface area contributed by atoms with Crippen LogP contribution in [0.5, 0.6) is 0 Å². The molecule has 0 fully saturated rings. The Morgan fingerprint density at radius 2 is 1.86 bits per heavy atom. The van der Waals surface area contributed by atoms with Crippen LogP contribution in [-0.4, -0.2) is 25.6 Å². The van der Waals surface area contributed by atoms with Gasteiger partial charge in [0, 0.05) is 12.0 Å². The fourth-order valence-corrected chi connectivity index (χ4v) is 2.91. The molecule has 0 bridgehead atoms. The first-order chi connectivity index (χ1) is 10.4. The number of rotatable bonds is 2. The molecule has 0 radical (unpaired) electrons. The summed E-state index contributed by atoms with van der Waals surface area (Å²) >= 11 is 0. The average molecular weight is 298 g/mol. The third-order valence-corrected chi connectivity index (χ3v) is 4.04. The zero-order valence-corrected chi connectivity index (χ0v) is 13.6. The highest BCUT2D eigenvalue weighted by Crippen LogP contribution is 2.29. The van der Waals surface area contributed by atoms with Gasteiger partial charge in [-0.3, -0.25) is 4.79 Å². The third kappa shape index (κ3) is 2.51. The molecule has 2 aromatic rings. The Kier molecular flexibility index (Phi) is 3.51. The fourth-order valence-electron chi connectivity index (χ4n) is 2.91. The van der Waals surface area contributed by atoms with Gasteiger partial charge in [-0.05, 0) is 12.5 Å². The lowest BCUT2D eigenvalue weighted by Crippen LogP contribution is -2.42. The van der Waals surface area contributed by atoms with Crippen LogP contribution in [0.25, 0.3) is 0 Å². The van der Waals surface area contributed by atoms with Crippen LogP contribution in [0.15, 0.2) is 30.3 Å². The molecule has 1 aromatic heterocycles. The number of amides is 1. The molecule has 2 heterocycles. The number of aromatic nitrogens is 3. The van der Waals surface area contributed by atoms with Gasteiger partial charge in [-0.15, -0.1) is 10.2 Å². The predicted octanol–water partition coefficient (Wildman–Crippen LogP) is 2.68. The van der Waals surface area contributed by atoms with Crippen LogP contribution in [0.3, 0.4) is 0 Å². The molecule has 0 spiro atoms. The van der Waals surface area contributed by atoms with Gasteiger partial charge < -0.3 is 9.47 Å². The Hall–Kier alpha value is -2.17. The van der Waals surface area contributed by atoms with Crippen LogP contribution in [0.2, 0.25) is 0 Å². The highest BCUT2D eigenvalue weighted by molar-refractivity contribution is 5.81. The van der Waals surface area contributed by atoms with Crippen molar-refractivity contribution >= 4 is 5.91 Å². The van der Waals surface area contributed by atoms with E-state index in [0.717, 1.165) is 17.2 Å². The lowest BCUT2D eigenvalue weighted by molar-refractivity contribution is -0.137. The average Bonchev–Trinajstić information content (AvgIpc) is 2.89. The third-order valence-electron chi connectivity index (χ3n) is 4.04. The molecular formula is C17H22N4O. The molecule has 3 rings (SSSR count). The SMILES string of the molecule is C[C@@H]1C(=O)N(Cc2ccccc2)Cc2nnc(C(C)(C)C)n21. The summed E-state index contributed by atoms with van der Waals surface area (Å²) in [6.07, 6.45) is 0. The Morgan fingerprint density at radius 1 is 1.18 bits per heavy atom. The van der Waals surface area contributed by atoms with E-state index in [4.69, 9.17) is 0 Å². The molecule has 1 aliphatic rings. The molecule has 1 amide bonds. The molecule has 5 nitrogen and oxygen atoms in total. The van der Waals surface area contributed by atoms with Crippen molar-refractivity contribution < 1.29 is 4.79 Å². The summed E-state index contributed by atoms with van der Waals surface area (Å²) in [5.41, 5.74) is 1.01. The van der Waals surface area contributed by atoms with Crippen molar-refractivity contribution in [2.45, 2.75) is 52.2 Å². The number of carbonyl (C=O) groups excluding carboxylic acids is 1. The van der Waals surface area contributed by atoms with Crippen LogP contribution in [0, 0.1) is 0 Å². The summed E-state index contributed by atoms with van der Waals surface area (Å²) in [7, 11) is 0. The van der Waals surface area contributed by atoms with Crippen molar-refractivity contribution in [2.75, 3.05) is 0 Å². The first kappa shape index (κ1) is 14.8. The maximum Gasteiger partial charge on any atom is 0.246 e. The number of hydrogen-bond donors (Lipinski definition) is 0. The topological polar surface area (TPSA) is 51.0 Å². The summed E-state index contributed by atoms with van der Waals surface area (Å²) in [4.78, 5) is 14.6. The van der Waals surface area contributed by atoms with E-state index in [1.54, 1.807) is 0 Å². The number of nitrogens with zero attached hydrogens (tertiary/aromatic N) is 4. The van der Waals surface area contributed by atoms with Crippen molar-refractivity contribution in [3.8, 4) is 0 Å². The van der Waals surface area contributed by atoms with Crippen molar-refractivity contribution in [3.63, 3.8) is 0 Å². The first-order valence-electron chi connectivity index (χ1n) is 7.65. The zero-order chi connectivity index (χ0) is 15.9. The van der Waals surface area contributed by atoms with Gasteiger partial charge in [-0.1, -0.05) is 51.1 Å². The minimum atomic E-state index is -0.253. The minimum Gasteiger partial charge on any atom is -0.329 e. The van der Waals surface area contributed by atoms with Gasteiger partial charge in [-0.2, -0.15) is 0 Å². The Balaban J connectivity index is 1.91. The van der Waals surface area contributed by atoms with Gasteiger partial charge in [0.15, 0.2) is 5.82 Å². The zero-order valence-electron chi connectivity index (χ0n) is 13.6. The van der Waals surface area contributed by atoms with Gasteiger partial charge in [0.25, 0.3) is 0 Å². The van der Waals surface area contributed by atoms with Gasteiger partial charge in [-0.25, -0.2) is 0 Å². The molecule has 5 heteroatoms. The standard InChI is InChI=1S/C17H22N4O/c1-12-15(22)20(10-13-8-6-5-7-9-13)11-14-18-19-16(21(12)14)17(2,3)4/h5-9,12H,10-11H2,1-4H3/t12-/m1/s1. The molecule has 0 aliphatic carbocycles. The summed E-state index contributed by atoms with van der Waals surface area (Å²) in [5.74, 6) is 1.87. The van der Waals surface area contributed by atoms with E-state index in [1.807, 2.05) is 46.7 Å². The van der Waals surface area contributed by atoms with E-state index < -0.39 is 0 Å². The Bertz CT molecular complexity index is 684. The van der Waals surface area contributed by atoms with Crippen LogP contribution < -0.4 is 0 Å². The Labute approximate surface area is 131 Å². The lowest BCUT2D eigenvalue weighted by atomic mass is 9.95. The molecule has 0 saturated heterocycles. The molecule has 0 unspecified atom stereocenters. The summed E-state index contributed by atoms with van der Waals surface area (Å²) in [5, 5.41) is 8.65. The first-order valence-corrected chi connectivity index (χ1v) is 7.65. The van der Waals surface area contributed by atoms with Crippen LogP contribution in [-0.2, 0) is 23.3 Å². The summed E-state index contributed by atoms with van der Waals surface area (Å²) in [6.45, 7) is 9.35. The number of benzene rings is 1. The maximum atomic E-state index is 12.7. The van der Waals surface area contributed by atoms with Crippen LogP contribution in [0.1, 0.15) is 50.9 Å². The summed E-state index contributed by atoms with van der Waals surface area (Å²) in [6, 6.07) is 9.80. The molecule has 1 atom stereocenters. The van der Waals surface area contributed by atoms with E-state index in [0.29, 0.717) is 13.1 Å². The second-order valence-electron chi connectivity index (χ2n) is 6.92. The van der Waals surface area contributed by atoms with Crippen molar-refractivity contribution in [1.29, 1.82) is 0 Å². The molecule has 0 N–H and O–H groups in total. The number of carbonyl (C=O) groups is 1. The smallest absolute Gasteiger partial charge is 0.246 e. The molecule has 22 heavy (non-hydrogen) atoms. The normalized spacial score (nSPS) is 18.5. The second-order valence-corrected chi connectivity index (χ2v) is 6.92. The van der Waals surface area contributed by atoms with Gasteiger partial charge in [0.05, 0.1) is 6.54 Å². The highest BCUT2D eigenvalue weighted by atomic mass is 16.2. The molecule has 116 valence electrons. The van der Waals surface area contributed by atoms with Gasteiger partial charge >= 0.3 is 0 Å². The van der Waals surface area contributed by atoms with Crippen LogP contribution >= 0.6 is 0 Å². The highest BCUT2D eigenvalue weighted by Gasteiger charge is 2.35. The van der Waals surface area contributed by atoms with Crippen LogP contribution in [0.4, 0.5) is 0 Å². The fraction of sp³-hybridized carbons (Fsp3) is 0.471. The monoisotopic (exact) mass is 298 g/mol. The Morgan fingerprint density at radius 3 is 2.50 bits per heavy atom. The molecular weight excluding hydrogens is 276 g/mol. The molecule has 0 saturated carbocycles. The number of hydrogen-bond acceptors (Lipinski definition) is 3. The summed E-state index contributed by atoms with van der Waals surface area (Å²) < 4.78 is 2.00. The minimum absolute atomic E-state index is 0.124. The quantitative estimate of drug-likeness (QED) is 0.856. The van der Waals surface area contributed by atoms with Crippen molar-refractivity contribution in [1.82, 2.24) is 19.7 Å².